The van der Waals surface area contributed by atoms with Gasteiger partial charge in [-0.1, -0.05) is 41.7 Å². The van der Waals surface area contributed by atoms with Gasteiger partial charge in [0.2, 0.25) is 5.91 Å². The second-order valence-corrected chi connectivity index (χ2v) is 9.28. The molecule has 0 atom stereocenters. The minimum Gasteiger partial charge on any atom is -0.451 e. The molecule has 1 aliphatic rings. The normalized spacial score (nSPS) is 13.8. The number of nitrogens with one attached hydrogen (secondary N) is 1. The largest absolute Gasteiger partial charge is 0.451 e. The molecule has 1 fully saturated rings. The predicted octanol–water partition coefficient (Wildman–Crippen LogP) is 6.61. The van der Waals surface area contributed by atoms with Gasteiger partial charge in [-0.25, -0.2) is 0 Å². The van der Waals surface area contributed by atoms with E-state index in [9.17, 15) is 9.59 Å². The maximum Gasteiger partial charge on any atom is 0.291 e. The van der Waals surface area contributed by atoms with Crippen molar-refractivity contribution in [2.45, 2.75) is 19.8 Å². The van der Waals surface area contributed by atoms with Crippen LogP contribution in [0.3, 0.4) is 0 Å². The van der Waals surface area contributed by atoms with Crippen molar-refractivity contribution in [3.8, 4) is 11.3 Å². The fourth-order valence-electron chi connectivity index (χ4n) is 3.90. The third-order valence-electron chi connectivity index (χ3n) is 5.67. The van der Waals surface area contributed by atoms with Gasteiger partial charge in [0.05, 0.1) is 15.7 Å². The van der Waals surface area contributed by atoms with Gasteiger partial charge in [0, 0.05) is 48.9 Å². The van der Waals surface area contributed by atoms with E-state index in [4.69, 9.17) is 39.2 Å². The molecule has 2 aromatic carbocycles. The number of amides is 2. The smallest absolute Gasteiger partial charge is 0.291 e. The van der Waals surface area contributed by atoms with Crippen LogP contribution in [0.15, 0.2) is 52.9 Å². The summed E-state index contributed by atoms with van der Waals surface area (Å²) in [4.78, 5) is 28.9. The minimum absolute atomic E-state index is 0.147. The van der Waals surface area contributed by atoms with Crippen LogP contribution >= 0.6 is 34.8 Å². The zero-order valence-electron chi connectivity index (χ0n) is 18.6. The third-order valence-corrected chi connectivity index (χ3v) is 6.52. The van der Waals surface area contributed by atoms with Crippen LogP contribution < -0.4 is 10.2 Å². The Kier molecular flexibility index (Phi) is 7.71. The zero-order valence-corrected chi connectivity index (χ0v) is 20.9. The molecule has 4 rings (SSSR count). The molecular weight excluding hydrogens is 497 g/mol. The molecular formula is C25H24Cl3N3O3. The minimum atomic E-state index is -0.400. The quantitative estimate of drug-likeness (QED) is 0.397. The predicted molar refractivity (Wildman–Crippen MR) is 137 cm³/mol. The highest BCUT2D eigenvalue weighted by Gasteiger charge is 2.22. The first-order valence-electron chi connectivity index (χ1n) is 11.0. The second-order valence-electron chi connectivity index (χ2n) is 8.03. The van der Waals surface area contributed by atoms with Crippen LogP contribution in [-0.2, 0) is 4.79 Å². The van der Waals surface area contributed by atoms with Gasteiger partial charge in [0.1, 0.15) is 5.76 Å². The van der Waals surface area contributed by atoms with E-state index in [0.717, 1.165) is 12.1 Å². The molecule has 6 nitrogen and oxygen atoms in total. The molecule has 1 aliphatic heterocycles. The molecule has 34 heavy (non-hydrogen) atoms. The van der Waals surface area contributed by atoms with Gasteiger partial charge in [0.15, 0.2) is 5.76 Å². The van der Waals surface area contributed by atoms with E-state index in [1.54, 1.807) is 42.5 Å². The monoisotopic (exact) mass is 519 g/mol. The Morgan fingerprint density at radius 3 is 2.38 bits per heavy atom. The Bertz CT molecular complexity index is 1200. The van der Waals surface area contributed by atoms with E-state index in [2.05, 4.69) is 10.2 Å². The molecule has 1 N–H and O–H groups in total. The summed E-state index contributed by atoms with van der Waals surface area (Å²) in [7, 11) is 0. The molecule has 1 aromatic heterocycles. The van der Waals surface area contributed by atoms with Gasteiger partial charge in [0.25, 0.3) is 5.91 Å². The van der Waals surface area contributed by atoms with E-state index in [-0.39, 0.29) is 11.7 Å². The summed E-state index contributed by atoms with van der Waals surface area (Å²) in [5.41, 5.74) is 2.08. The standard InChI is InChI=1S/C25H24Cl3N3O3/c1-2-3-24(32)31-12-10-30(11-13-31)21-7-5-17(15-20(21)28)29-25(33)23-9-8-22(34-23)18-6-4-16(26)14-19(18)27/h4-9,14-15H,2-3,10-13H2,1H3,(H,29,33). The summed E-state index contributed by atoms with van der Waals surface area (Å²) < 4.78 is 5.71. The highest BCUT2D eigenvalue weighted by Crippen LogP contribution is 2.33. The molecule has 9 heteroatoms. The van der Waals surface area contributed by atoms with Crippen molar-refractivity contribution in [3.63, 3.8) is 0 Å². The number of nitrogens with zero attached hydrogens (tertiary/aromatic N) is 2. The molecule has 0 saturated carbocycles. The van der Waals surface area contributed by atoms with Gasteiger partial charge in [-0.3, -0.25) is 9.59 Å². The van der Waals surface area contributed by atoms with Gasteiger partial charge < -0.3 is 19.5 Å². The zero-order chi connectivity index (χ0) is 24.2. The number of benzene rings is 2. The fourth-order valence-corrected chi connectivity index (χ4v) is 4.70. The van der Waals surface area contributed by atoms with Crippen molar-refractivity contribution in [2.24, 2.45) is 0 Å². The lowest BCUT2D eigenvalue weighted by Crippen LogP contribution is -2.48. The molecule has 0 bridgehead atoms. The summed E-state index contributed by atoms with van der Waals surface area (Å²) in [6, 6.07) is 13.7. The number of carbonyl (C=O) groups excluding carboxylic acids is 2. The number of piperazine rings is 1. The van der Waals surface area contributed by atoms with Crippen LogP contribution in [0.4, 0.5) is 11.4 Å². The Morgan fingerprint density at radius 2 is 1.71 bits per heavy atom. The maximum absolute atomic E-state index is 12.7. The van der Waals surface area contributed by atoms with Gasteiger partial charge in [-0.2, -0.15) is 0 Å². The van der Waals surface area contributed by atoms with E-state index in [0.29, 0.717) is 64.7 Å². The van der Waals surface area contributed by atoms with Crippen LogP contribution in [0.1, 0.15) is 30.3 Å². The van der Waals surface area contributed by atoms with Crippen LogP contribution in [0.5, 0.6) is 0 Å². The fraction of sp³-hybridized carbons (Fsp3) is 0.280. The first-order valence-corrected chi connectivity index (χ1v) is 12.2. The van der Waals surface area contributed by atoms with E-state index in [1.165, 1.54) is 0 Å². The number of anilines is 2. The Hall–Kier alpha value is -2.67. The van der Waals surface area contributed by atoms with Gasteiger partial charge in [-0.15, -0.1) is 0 Å². The summed E-state index contributed by atoms with van der Waals surface area (Å²) >= 11 is 18.7. The number of carbonyl (C=O) groups is 2. The maximum atomic E-state index is 12.7. The average Bonchev–Trinajstić information content (AvgIpc) is 3.30. The van der Waals surface area contributed by atoms with E-state index in [1.807, 2.05) is 17.9 Å². The van der Waals surface area contributed by atoms with Crippen molar-refractivity contribution in [1.29, 1.82) is 0 Å². The molecule has 0 spiro atoms. The SMILES string of the molecule is CCCC(=O)N1CCN(c2ccc(NC(=O)c3ccc(-c4ccc(Cl)cc4Cl)o3)cc2Cl)CC1. The second kappa shape index (κ2) is 10.7. The Balaban J connectivity index is 1.40. The average molecular weight is 521 g/mol. The van der Waals surface area contributed by atoms with Crippen LogP contribution in [0, 0.1) is 0 Å². The number of hydrogen-bond acceptors (Lipinski definition) is 4. The lowest BCUT2D eigenvalue weighted by Gasteiger charge is -2.36. The number of rotatable bonds is 6. The van der Waals surface area contributed by atoms with Crippen LogP contribution in [0.2, 0.25) is 15.1 Å². The number of furan rings is 1. The Morgan fingerprint density at radius 1 is 0.941 bits per heavy atom. The molecule has 2 amide bonds. The molecule has 3 aromatic rings. The first kappa shape index (κ1) is 24.5. The molecule has 1 saturated heterocycles. The highest BCUT2D eigenvalue weighted by atomic mass is 35.5. The highest BCUT2D eigenvalue weighted by molar-refractivity contribution is 6.36. The van der Waals surface area contributed by atoms with Crippen molar-refractivity contribution >= 4 is 58.0 Å². The van der Waals surface area contributed by atoms with E-state index < -0.39 is 5.91 Å². The lowest BCUT2D eigenvalue weighted by molar-refractivity contribution is -0.131. The molecule has 0 aliphatic carbocycles. The van der Waals surface area contributed by atoms with Gasteiger partial charge >= 0.3 is 0 Å². The van der Waals surface area contributed by atoms with Crippen molar-refractivity contribution in [2.75, 3.05) is 36.4 Å². The van der Waals surface area contributed by atoms with Crippen LogP contribution in [0.25, 0.3) is 11.3 Å². The molecule has 0 radical (unpaired) electrons. The Labute approximate surface area is 213 Å². The summed E-state index contributed by atoms with van der Waals surface area (Å²) in [5, 5.41) is 4.29. The number of halogens is 3. The van der Waals surface area contributed by atoms with Crippen molar-refractivity contribution in [3.05, 3.63) is 69.4 Å². The summed E-state index contributed by atoms with van der Waals surface area (Å²) in [6.07, 6.45) is 1.44. The van der Waals surface area contributed by atoms with Crippen molar-refractivity contribution < 1.29 is 14.0 Å². The summed E-state index contributed by atoms with van der Waals surface area (Å²) in [6.45, 7) is 4.78. The summed E-state index contributed by atoms with van der Waals surface area (Å²) in [5.74, 6) is 0.416. The third kappa shape index (κ3) is 5.52. The van der Waals surface area contributed by atoms with E-state index >= 15 is 0 Å². The first-order chi connectivity index (χ1) is 16.4. The molecule has 2 heterocycles. The van der Waals surface area contributed by atoms with Gasteiger partial charge in [-0.05, 0) is 55.0 Å². The molecule has 178 valence electrons. The lowest BCUT2D eigenvalue weighted by atomic mass is 10.2. The molecule has 0 unspecified atom stereocenters. The van der Waals surface area contributed by atoms with Crippen LogP contribution in [-0.4, -0.2) is 42.9 Å². The number of hydrogen-bond donors (Lipinski definition) is 1. The van der Waals surface area contributed by atoms with Crippen molar-refractivity contribution in [1.82, 2.24) is 4.90 Å². The topological polar surface area (TPSA) is 65.8 Å².